The minimum absolute atomic E-state index is 0. The number of pyridine rings is 1. The highest BCUT2D eigenvalue weighted by molar-refractivity contribution is 6.65. The molecule has 0 bridgehead atoms. The summed E-state index contributed by atoms with van der Waals surface area (Å²) in [5, 5.41) is 0.570. The molecule has 1 N–H and O–H groups in total. The van der Waals surface area contributed by atoms with Crippen LogP contribution in [0.5, 0.6) is 5.75 Å². The molecule has 4 heterocycles. The van der Waals surface area contributed by atoms with Crippen molar-refractivity contribution >= 4 is 35.2 Å². The second kappa shape index (κ2) is 9.53. The summed E-state index contributed by atoms with van der Waals surface area (Å²) in [6.45, 7) is 11.6. The summed E-state index contributed by atoms with van der Waals surface area (Å²) in [4.78, 5) is 24.4. The van der Waals surface area contributed by atoms with E-state index in [0.717, 1.165) is 6.20 Å². The second-order valence-corrected chi connectivity index (χ2v) is 10.8. The molecule has 38 heavy (non-hydrogen) atoms. The summed E-state index contributed by atoms with van der Waals surface area (Å²) in [5.74, 6) is -0.194. The Labute approximate surface area is 222 Å². The second-order valence-electron chi connectivity index (χ2n) is 10.8. The van der Waals surface area contributed by atoms with Gasteiger partial charge in [-0.05, 0) is 51.2 Å². The number of hydrogen-bond donors (Lipinski definition) is 1. The summed E-state index contributed by atoms with van der Waals surface area (Å²) < 4.78 is 46.8. The first kappa shape index (κ1) is 26.4. The van der Waals surface area contributed by atoms with Crippen LogP contribution < -0.4 is 15.1 Å². The summed E-state index contributed by atoms with van der Waals surface area (Å²) in [5.41, 5.74) is 0.694. The van der Waals surface area contributed by atoms with Gasteiger partial charge in [0.25, 0.3) is 5.91 Å². The lowest BCUT2D eigenvalue weighted by Gasteiger charge is -2.35. The third-order valence-electron chi connectivity index (χ3n) is 7.96. The molecule has 3 aromatic rings. The molecule has 0 unspecified atom stereocenters. The van der Waals surface area contributed by atoms with Gasteiger partial charge in [0.15, 0.2) is 11.6 Å². The summed E-state index contributed by atoms with van der Waals surface area (Å²) in [6.07, 6.45) is 1.63. The van der Waals surface area contributed by atoms with Crippen LogP contribution in [0.15, 0.2) is 24.4 Å². The zero-order valence-corrected chi connectivity index (χ0v) is 22.7. The molecule has 2 aliphatic heterocycles. The smallest absolute Gasteiger partial charge is 0.493 e. The third kappa shape index (κ3) is 4.41. The van der Waals surface area contributed by atoms with Crippen LogP contribution >= 0.6 is 0 Å². The van der Waals surface area contributed by atoms with Crippen LogP contribution in [0.1, 0.15) is 52.1 Å². The van der Waals surface area contributed by atoms with Gasteiger partial charge in [0.1, 0.15) is 17.3 Å². The molecule has 0 spiro atoms. The van der Waals surface area contributed by atoms with Gasteiger partial charge in [0.2, 0.25) is 0 Å². The maximum absolute atomic E-state index is 15.4. The highest BCUT2D eigenvalue weighted by atomic mass is 19.1. The highest BCUT2D eigenvalue weighted by Crippen LogP contribution is 2.37. The monoisotopic (exact) mass is 528 g/mol. The van der Waals surface area contributed by atoms with Crippen molar-refractivity contribution in [1.29, 1.82) is 0 Å². The van der Waals surface area contributed by atoms with Crippen molar-refractivity contribution in [3.63, 3.8) is 0 Å². The van der Waals surface area contributed by atoms with E-state index in [4.69, 9.17) is 14.0 Å². The van der Waals surface area contributed by atoms with E-state index in [1.165, 1.54) is 13.2 Å². The van der Waals surface area contributed by atoms with Crippen LogP contribution in [0.2, 0.25) is 0 Å². The van der Waals surface area contributed by atoms with Crippen molar-refractivity contribution < 1.29 is 29.0 Å². The van der Waals surface area contributed by atoms with Crippen LogP contribution in [0.3, 0.4) is 0 Å². The minimum atomic E-state index is -0.686. The van der Waals surface area contributed by atoms with Crippen molar-refractivity contribution in [2.75, 3.05) is 38.2 Å². The van der Waals surface area contributed by atoms with Crippen LogP contribution in [-0.2, 0) is 15.7 Å². The molecule has 2 aromatic heterocycles. The van der Waals surface area contributed by atoms with Crippen LogP contribution in [0.4, 0.5) is 14.6 Å². The van der Waals surface area contributed by atoms with E-state index in [-0.39, 0.29) is 18.7 Å². The van der Waals surface area contributed by atoms with E-state index in [1.54, 1.807) is 17.0 Å². The SMILES string of the molecule is CCc1cc(B2OC(C)(C)C(C)(C)O2)c2cc(C(=O)N3CCN(c4ncc(F)cc4OC)CC3)[nH]c2c1F.[HH]. The predicted molar refractivity (Wildman–Crippen MR) is 144 cm³/mol. The van der Waals surface area contributed by atoms with Gasteiger partial charge >= 0.3 is 7.12 Å². The third-order valence-corrected chi connectivity index (χ3v) is 7.96. The number of aryl methyl sites for hydroxylation is 1. The van der Waals surface area contributed by atoms with Crippen molar-refractivity contribution in [1.82, 2.24) is 14.9 Å². The number of ether oxygens (including phenoxy) is 1. The molecule has 2 aliphatic rings. The molecule has 2 saturated heterocycles. The Balaban J connectivity index is 0.00000353. The van der Waals surface area contributed by atoms with E-state index < -0.39 is 24.1 Å². The Hall–Kier alpha value is -3.18. The largest absolute Gasteiger partial charge is 0.495 e. The first-order valence-corrected chi connectivity index (χ1v) is 12.9. The fourth-order valence-electron chi connectivity index (χ4n) is 4.98. The molecule has 1 amide bonds. The summed E-state index contributed by atoms with van der Waals surface area (Å²) in [7, 11) is 0.783. The molecule has 8 nitrogen and oxygen atoms in total. The number of benzene rings is 1. The fraction of sp³-hybridized carbons (Fsp3) is 0.481. The summed E-state index contributed by atoms with van der Waals surface area (Å²) >= 11 is 0. The Morgan fingerprint density at radius 1 is 1.13 bits per heavy atom. The number of halogens is 2. The Kier molecular flexibility index (Phi) is 6.63. The van der Waals surface area contributed by atoms with Crippen LogP contribution in [0, 0.1) is 11.6 Å². The predicted octanol–water partition coefficient (Wildman–Crippen LogP) is 3.92. The van der Waals surface area contributed by atoms with E-state index in [9.17, 15) is 9.18 Å². The van der Waals surface area contributed by atoms with Crippen molar-refractivity contribution in [2.24, 2.45) is 0 Å². The Morgan fingerprint density at radius 2 is 1.79 bits per heavy atom. The first-order valence-electron chi connectivity index (χ1n) is 12.9. The van der Waals surface area contributed by atoms with E-state index in [1.807, 2.05) is 39.5 Å². The lowest BCUT2D eigenvalue weighted by Crippen LogP contribution is -2.49. The lowest BCUT2D eigenvalue weighted by atomic mass is 9.76. The zero-order valence-electron chi connectivity index (χ0n) is 22.7. The number of amides is 1. The van der Waals surface area contributed by atoms with Crippen molar-refractivity contribution in [2.45, 2.75) is 52.2 Å². The number of rotatable bonds is 5. The van der Waals surface area contributed by atoms with Crippen molar-refractivity contribution in [3.8, 4) is 5.75 Å². The average Bonchev–Trinajstić information content (AvgIpc) is 3.42. The molecule has 2 fully saturated rings. The van der Waals surface area contributed by atoms with E-state index >= 15 is 4.39 Å². The van der Waals surface area contributed by atoms with Gasteiger partial charge in [-0.1, -0.05) is 13.0 Å². The van der Waals surface area contributed by atoms with Gasteiger partial charge in [-0.25, -0.2) is 13.8 Å². The molecular weight excluding hydrogens is 493 g/mol. The number of aromatic amines is 1. The van der Waals surface area contributed by atoms with E-state index in [0.29, 0.717) is 66.3 Å². The fourth-order valence-corrected chi connectivity index (χ4v) is 4.98. The number of H-pyrrole nitrogens is 1. The zero-order chi connectivity index (χ0) is 27.4. The van der Waals surface area contributed by atoms with Gasteiger partial charge in [0, 0.05) is 39.1 Å². The number of nitrogens with zero attached hydrogens (tertiary/aromatic N) is 3. The maximum atomic E-state index is 15.4. The molecule has 0 atom stereocenters. The Morgan fingerprint density at radius 3 is 2.39 bits per heavy atom. The van der Waals surface area contributed by atoms with Gasteiger partial charge in [0.05, 0.1) is 30.0 Å². The summed E-state index contributed by atoms with van der Waals surface area (Å²) in [6, 6.07) is 4.77. The molecule has 1 aromatic carbocycles. The molecule has 11 heteroatoms. The number of carbonyl (C=O) groups is 1. The molecule has 0 radical (unpaired) electrons. The van der Waals surface area contributed by atoms with E-state index in [2.05, 4.69) is 9.97 Å². The number of piperazine rings is 1. The average molecular weight is 528 g/mol. The molecule has 204 valence electrons. The van der Waals surface area contributed by atoms with Gasteiger partial charge < -0.3 is 28.8 Å². The quantitative estimate of drug-likeness (QED) is 0.506. The number of fused-ring (bicyclic) bond motifs is 1. The number of hydrogen-bond acceptors (Lipinski definition) is 6. The van der Waals surface area contributed by atoms with Crippen LogP contribution in [-0.4, -0.2) is 72.4 Å². The molecule has 0 saturated carbocycles. The van der Waals surface area contributed by atoms with Crippen LogP contribution in [0.25, 0.3) is 10.9 Å². The standard InChI is InChI=1S/C27H33BF2N4O4.H2/c1-7-16-12-19(28-37-26(2,3)27(4,5)38-28)18-14-20(32-23(18)22(16)30)25(35)34-10-8-33(9-11-34)24-21(36-6)13-17(29)15-31-24;/h12-15,32H,7-11H2,1-6H3;1H. The lowest BCUT2D eigenvalue weighted by molar-refractivity contribution is 0.00578. The molecule has 5 rings (SSSR count). The molecular formula is C27H35BF2N4O4. The number of aromatic nitrogens is 2. The first-order chi connectivity index (χ1) is 18.0. The number of methoxy groups -OCH3 is 1. The van der Waals surface area contributed by atoms with Gasteiger partial charge in [-0.15, -0.1) is 0 Å². The minimum Gasteiger partial charge on any atom is -0.493 e. The van der Waals surface area contributed by atoms with Gasteiger partial charge in [-0.3, -0.25) is 4.79 Å². The number of carbonyl (C=O) groups excluding carboxylic acids is 1. The normalized spacial score (nSPS) is 18.9. The maximum Gasteiger partial charge on any atom is 0.495 e. The highest BCUT2D eigenvalue weighted by Gasteiger charge is 2.52. The Bertz CT molecular complexity index is 1380. The topological polar surface area (TPSA) is 79.9 Å². The number of nitrogens with one attached hydrogen (secondary N) is 1. The van der Waals surface area contributed by atoms with Gasteiger partial charge in [-0.2, -0.15) is 0 Å². The van der Waals surface area contributed by atoms with Crippen molar-refractivity contribution in [3.05, 3.63) is 47.3 Å². The number of anilines is 1. The molecule has 0 aliphatic carbocycles.